The van der Waals surface area contributed by atoms with Crippen LogP contribution in [0, 0.1) is 17.8 Å². The fourth-order valence-corrected chi connectivity index (χ4v) is 5.88. The highest BCUT2D eigenvalue weighted by molar-refractivity contribution is 5.74. The van der Waals surface area contributed by atoms with E-state index < -0.39 is 0 Å². The van der Waals surface area contributed by atoms with E-state index in [1.54, 1.807) is 11.1 Å². The third-order valence-electron chi connectivity index (χ3n) is 7.02. The van der Waals surface area contributed by atoms with E-state index in [-0.39, 0.29) is 6.03 Å². The van der Waals surface area contributed by atoms with Crippen molar-refractivity contribution in [1.29, 1.82) is 0 Å². The van der Waals surface area contributed by atoms with E-state index >= 15 is 0 Å². The minimum atomic E-state index is 0.117. The van der Waals surface area contributed by atoms with Gasteiger partial charge in [0.15, 0.2) is 0 Å². The summed E-state index contributed by atoms with van der Waals surface area (Å²) in [6, 6.07) is 4.21. The summed E-state index contributed by atoms with van der Waals surface area (Å²) in [4.78, 5) is 18.8. The van der Waals surface area contributed by atoms with Gasteiger partial charge in [-0.1, -0.05) is 18.1 Å². The van der Waals surface area contributed by atoms with E-state index in [1.165, 1.54) is 37.7 Å². The first-order valence-electron chi connectivity index (χ1n) is 11.4. The van der Waals surface area contributed by atoms with E-state index in [4.69, 9.17) is 0 Å². The van der Waals surface area contributed by atoms with Crippen molar-refractivity contribution < 1.29 is 4.79 Å². The van der Waals surface area contributed by atoms with Crippen LogP contribution in [0.4, 0.5) is 4.79 Å². The van der Waals surface area contributed by atoms with Gasteiger partial charge in [0.25, 0.3) is 0 Å². The molecular formula is C24H35N3O. The Morgan fingerprint density at radius 2 is 1.86 bits per heavy atom. The second-order valence-electron chi connectivity index (χ2n) is 9.10. The van der Waals surface area contributed by atoms with Crippen LogP contribution in [0.3, 0.4) is 0 Å². The molecule has 5 rings (SSSR count). The Morgan fingerprint density at radius 1 is 1.11 bits per heavy atom. The quantitative estimate of drug-likeness (QED) is 0.485. The molecular weight excluding hydrogens is 346 g/mol. The number of nitrogens with one attached hydrogen (secondary N) is 1. The Morgan fingerprint density at radius 3 is 2.54 bits per heavy atom. The zero-order valence-corrected chi connectivity index (χ0v) is 17.3. The van der Waals surface area contributed by atoms with Gasteiger partial charge in [0.2, 0.25) is 0 Å². The minimum Gasteiger partial charge on any atom is -0.338 e. The summed E-state index contributed by atoms with van der Waals surface area (Å²) in [6.45, 7) is 4.64. The maximum Gasteiger partial charge on any atom is 0.317 e. The monoisotopic (exact) mass is 381 g/mol. The van der Waals surface area contributed by atoms with Crippen molar-refractivity contribution in [2.75, 3.05) is 19.6 Å². The van der Waals surface area contributed by atoms with E-state index in [2.05, 4.69) is 17.2 Å². The SMILES string of the molecule is CCCN(CCC1=C2CC3CC(C2)CC1C3)C(=O)NCCCc1ccncc1. The molecule has 2 saturated carbocycles. The number of aromatic nitrogens is 1. The molecule has 1 N–H and O–H groups in total. The third kappa shape index (κ3) is 4.59. The van der Waals surface area contributed by atoms with Crippen LogP contribution in [0.2, 0.25) is 0 Å². The molecule has 2 unspecified atom stereocenters. The number of pyridine rings is 1. The zero-order chi connectivity index (χ0) is 19.3. The number of aryl methyl sites for hydroxylation is 1. The lowest BCUT2D eigenvalue weighted by molar-refractivity contribution is 0.150. The molecule has 4 aliphatic carbocycles. The largest absolute Gasteiger partial charge is 0.338 e. The fraction of sp³-hybridized carbons (Fsp3) is 0.667. The highest BCUT2D eigenvalue weighted by atomic mass is 16.2. The topological polar surface area (TPSA) is 45.2 Å². The molecule has 1 aromatic heterocycles. The number of urea groups is 1. The Balaban J connectivity index is 1.25. The molecule has 1 aromatic rings. The van der Waals surface area contributed by atoms with Gasteiger partial charge in [-0.2, -0.15) is 0 Å². The van der Waals surface area contributed by atoms with Crippen molar-refractivity contribution in [1.82, 2.24) is 15.2 Å². The molecule has 152 valence electrons. The minimum absolute atomic E-state index is 0.117. The Hall–Kier alpha value is -1.84. The molecule has 0 radical (unpaired) electrons. The van der Waals surface area contributed by atoms with Crippen LogP contribution in [0.15, 0.2) is 35.7 Å². The molecule has 2 fully saturated rings. The average molecular weight is 382 g/mol. The van der Waals surface area contributed by atoms with E-state index in [0.717, 1.165) is 63.1 Å². The first-order valence-corrected chi connectivity index (χ1v) is 11.4. The van der Waals surface area contributed by atoms with Crippen LogP contribution in [-0.4, -0.2) is 35.5 Å². The summed E-state index contributed by atoms with van der Waals surface area (Å²) < 4.78 is 0. The fourth-order valence-electron chi connectivity index (χ4n) is 5.88. The van der Waals surface area contributed by atoms with Gasteiger partial charge in [-0.3, -0.25) is 4.98 Å². The van der Waals surface area contributed by atoms with Crippen LogP contribution in [0.1, 0.15) is 63.9 Å². The van der Waals surface area contributed by atoms with Gasteiger partial charge in [-0.25, -0.2) is 4.79 Å². The molecule has 28 heavy (non-hydrogen) atoms. The second kappa shape index (κ2) is 9.11. The highest BCUT2D eigenvalue weighted by Crippen LogP contribution is 2.54. The number of amides is 2. The van der Waals surface area contributed by atoms with Gasteiger partial charge < -0.3 is 10.2 Å². The van der Waals surface area contributed by atoms with Gasteiger partial charge >= 0.3 is 6.03 Å². The predicted molar refractivity (Wildman–Crippen MR) is 113 cm³/mol. The summed E-state index contributed by atoms with van der Waals surface area (Å²) in [7, 11) is 0. The third-order valence-corrected chi connectivity index (χ3v) is 7.02. The summed E-state index contributed by atoms with van der Waals surface area (Å²) >= 11 is 0. The first kappa shape index (κ1) is 19.5. The van der Waals surface area contributed by atoms with Crippen molar-refractivity contribution in [3.05, 3.63) is 41.2 Å². The molecule has 4 bridgehead atoms. The molecule has 1 heterocycles. The molecule has 2 amide bonds. The molecule has 4 heteroatoms. The molecule has 0 aromatic carbocycles. The molecule has 0 spiro atoms. The lowest BCUT2D eigenvalue weighted by Gasteiger charge is -2.48. The normalized spacial score (nSPS) is 25.2. The zero-order valence-electron chi connectivity index (χ0n) is 17.3. The smallest absolute Gasteiger partial charge is 0.317 e. The summed E-state index contributed by atoms with van der Waals surface area (Å²) in [6.07, 6.45) is 14.8. The lowest BCUT2D eigenvalue weighted by Crippen LogP contribution is -2.42. The van der Waals surface area contributed by atoms with Gasteiger partial charge in [0, 0.05) is 32.0 Å². The van der Waals surface area contributed by atoms with Gasteiger partial charge in [0.1, 0.15) is 0 Å². The van der Waals surface area contributed by atoms with Crippen molar-refractivity contribution in [3.63, 3.8) is 0 Å². The maximum absolute atomic E-state index is 12.7. The molecule has 4 nitrogen and oxygen atoms in total. The summed E-state index contributed by atoms with van der Waals surface area (Å²) in [5, 5.41) is 3.15. The number of nitrogens with zero attached hydrogens (tertiary/aromatic N) is 2. The second-order valence-corrected chi connectivity index (χ2v) is 9.10. The van der Waals surface area contributed by atoms with Crippen molar-refractivity contribution in [3.8, 4) is 0 Å². The number of carbonyl (C=O) groups excluding carboxylic acids is 1. The van der Waals surface area contributed by atoms with Crippen LogP contribution in [-0.2, 0) is 6.42 Å². The number of hydrogen-bond donors (Lipinski definition) is 1. The average Bonchev–Trinajstić information content (AvgIpc) is 2.70. The number of carbonyl (C=O) groups is 1. The molecule has 2 atom stereocenters. The van der Waals surface area contributed by atoms with E-state index in [1.807, 2.05) is 29.4 Å². The molecule has 4 aliphatic rings. The molecule has 0 aliphatic heterocycles. The van der Waals surface area contributed by atoms with Crippen LogP contribution in [0.5, 0.6) is 0 Å². The summed E-state index contributed by atoms with van der Waals surface area (Å²) in [5.74, 6) is 2.80. The Kier molecular flexibility index (Phi) is 6.33. The first-order chi connectivity index (χ1) is 13.7. The van der Waals surface area contributed by atoms with Crippen molar-refractivity contribution in [2.24, 2.45) is 17.8 Å². The van der Waals surface area contributed by atoms with Gasteiger partial charge in [-0.05, 0) is 93.2 Å². The summed E-state index contributed by atoms with van der Waals surface area (Å²) in [5.41, 5.74) is 4.79. The number of allylic oxidation sites excluding steroid dienone is 1. The van der Waals surface area contributed by atoms with Crippen LogP contribution >= 0.6 is 0 Å². The van der Waals surface area contributed by atoms with Gasteiger partial charge in [-0.15, -0.1) is 0 Å². The van der Waals surface area contributed by atoms with E-state index in [0.29, 0.717) is 0 Å². The number of rotatable bonds is 9. The lowest BCUT2D eigenvalue weighted by atomic mass is 9.58. The maximum atomic E-state index is 12.7. The molecule has 0 saturated heterocycles. The highest BCUT2D eigenvalue weighted by Gasteiger charge is 2.41. The van der Waals surface area contributed by atoms with Gasteiger partial charge in [0.05, 0.1) is 0 Å². The Labute approximate surface area is 169 Å². The standard InChI is InChI=1S/C24H35N3O/c1-2-11-27(24(28)26-8-3-4-18-5-9-25-10-6-18)12-7-23-21-14-19-13-20(16-21)17-22(23)15-19/h5-6,9-10,19-21H,2-4,7-8,11-17H2,1H3,(H,26,28). The van der Waals surface area contributed by atoms with Crippen molar-refractivity contribution >= 4 is 6.03 Å². The van der Waals surface area contributed by atoms with Crippen LogP contribution < -0.4 is 5.32 Å². The van der Waals surface area contributed by atoms with E-state index in [9.17, 15) is 4.79 Å². The predicted octanol–water partition coefficient (Wildman–Crippen LogP) is 4.96. The Bertz CT molecular complexity index is 683. The van der Waals surface area contributed by atoms with Crippen LogP contribution in [0.25, 0.3) is 0 Å². The number of hydrogen-bond acceptors (Lipinski definition) is 2. The van der Waals surface area contributed by atoms with Crippen molar-refractivity contribution in [2.45, 2.75) is 64.7 Å².